The fraction of sp³-hybridized carbons (Fsp3) is 0.357. The topological polar surface area (TPSA) is 50.9 Å². The molecule has 0 spiro atoms. The zero-order valence-corrected chi connectivity index (χ0v) is 13.3. The lowest BCUT2D eigenvalue weighted by Gasteiger charge is -2.17. The minimum absolute atomic E-state index is 0.332. The smallest absolute Gasteiger partial charge is 0.123 e. The monoisotopic (exact) mass is 339 g/mol. The second-order valence-electron chi connectivity index (χ2n) is 4.47. The molecule has 2 aromatic rings. The predicted molar refractivity (Wildman–Crippen MR) is 85.4 cm³/mol. The summed E-state index contributed by atoms with van der Waals surface area (Å²) < 4.78 is 1.14. The summed E-state index contributed by atoms with van der Waals surface area (Å²) in [6.07, 6.45) is 3.83. The molecule has 19 heavy (non-hydrogen) atoms. The number of halogens is 1. The van der Waals surface area contributed by atoms with Crippen LogP contribution in [0.1, 0.15) is 29.8 Å². The summed E-state index contributed by atoms with van der Waals surface area (Å²) >= 11 is 5.29. The van der Waals surface area contributed by atoms with E-state index in [9.17, 15) is 0 Å². The zero-order valence-electron chi connectivity index (χ0n) is 10.9. The van der Waals surface area contributed by atoms with Gasteiger partial charge < -0.3 is 11.1 Å². The van der Waals surface area contributed by atoms with Crippen LogP contribution >= 0.6 is 27.3 Å². The molecule has 0 radical (unpaired) electrons. The van der Waals surface area contributed by atoms with Crippen LogP contribution in [0.25, 0.3) is 0 Å². The Labute approximate surface area is 126 Å². The Hall–Kier alpha value is -0.910. The lowest BCUT2D eigenvalue weighted by molar-refractivity contribution is 0.536. The molecule has 0 saturated carbocycles. The molecule has 2 heterocycles. The first-order valence-corrected chi connectivity index (χ1v) is 8.04. The van der Waals surface area contributed by atoms with E-state index in [0.717, 1.165) is 23.9 Å². The maximum absolute atomic E-state index is 5.74. The number of anilines is 1. The third kappa shape index (κ3) is 4.30. The van der Waals surface area contributed by atoms with Gasteiger partial charge in [0, 0.05) is 27.0 Å². The van der Waals surface area contributed by atoms with Crippen molar-refractivity contribution in [2.24, 2.45) is 0 Å². The Kier molecular flexibility index (Phi) is 5.36. The molecular weight excluding hydrogens is 322 g/mol. The van der Waals surface area contributed by atoms with E-state index in [0.29, 0.717) is 11.9 Å². The first-order chi connectivity index (χ1) is 9.19. The van der Waals surface area contributed by atoms with Gasteiger partial charge in [-0.1, -0.05) is 6.92 Å². The van der Waals surface area contributed by atoms with Gasteiger partial charge >= 0.3 is 0 Å². The largest absolute Gasteiger partial charge is 0.384 e. The van der Waals surface area contributed by atoms with Crippen LogP contribution in [0.5, 0.6) is 0 Å². The molecule has 2 aromatic heterocycles. The van der Waals surface area contributed by atoms with E-state index in [2.05, 4.69) is 44.6 Å². The van der Waals surface area contributed by atoms with E-state index in [1.54, 1.807) is 17.5 Å². The highest BCUT2D eigenvalue weighted by atomic mass is 79.9. The van der Waals surface area contributed by atoms with Crippen molar-refractivity contribution < 1.29 is 0 Å². The van der Waals surface area contributed by atoms with Gasteiger partial charge in [0.2, 0.25) is 0 Å². The van der Waals surface area contributed by atoms with Crippen LogP contribution in [0, 0.1) is 0 Å². The standard InChI is InChI=1S/C14H18BrN3S/c1-2-4-17-12(13-8-11(15)9-19-13)6-10-3-5-18-14(16)7-10/h3,5,7-9,12,17H,2,4,6H2,1H3,(H2,16,18). The maximum atomic E-state index is 5.74. The lowest BCUT2D eigenvalue weighted by Crippen LogP contribution is -2.23. The molecule has 3 N–H and O–H groups in total. The quantitative estimate of drug-likeness (QED) is 0.842. The molecule has 102 valence electrons. The third-order valence-corrected chi connectivity index (χ3v) is 4.66. The minimum Gasteiger partial charge on any atom is -0.384 e. The molecule has 5 heteroatoms. The molecule has 0 aliphatic carbocycles. The maximum Gasteiger partial charge on any atom is 0.123 e. The number of aromatic nitrogens is 1. The number of hydrogen-bond acceptors (Lipinski definition) is 4. The molecule has 0 saturated heterocycles. The van der Waals surface area contributed by atoms with Crippen LogP contribution in [0.2, 0.25) is 0 Å². The summed E-state index contributed by atoms with van der Waals surface area (Å²) in [7, 11) is 0. The third-order valence-electron chi connectivity index (χ3n) is 2.86. The molecule has 0 aromatic carbocycles. The number of rotatable bonds is 6. The molecule has 0 aliphatic heterocycles. The summed E-state index contributed by atoms with van der Waals surface area (Å²) in [4.78, 5) is 5.38. The average Bonchev–Trinajstić information content (AvgIpc) is 2.81. The van der Waals surface area contributed by atoms with Crippen molar-refractivity contribution in [1.82, 2.24) is 10.3 Å². The van der Waals surface area contributed by atoms with Crippen LogP contribution in [0.15, 0.2) is 34.2 Å². The van der Waals surface area contributed by atoms with Crippen molar-refractivity contribution in [2.45, 2.75) is 25.8 Å². The van der Waals surface area contributed by atoms with Gasteiger partial charge in [-0.3, -0.25) is 0 Å². The summed E-state index contributed by atoms with van der Waals surface area (Å²) in [6, 6.07) is 6.49. The summed E-state index contributed by atoms with van der Waals surface area (Å²) in [5, 5.41) is 5.72. The van der Waals surface area contributed by atoms with E-state index < -0.39 is 0 Å². The van der Waals surface area contributed by atoms with Crippen molar-refractivity contribution in [1.29, 1.82) is 0 Å². The van der Waals surface area contributed by atoms with Gasteiger partial charge in [-0.2, -0.15) is 0 Å². The first kappa shape index (κ1) is 14.5. The normalized spacial score (nSPS) is 12.5. The van der Waals surface area contributed by atoms with E-state index in [1.807, 2.05) is 12.1 Å². The highest BCUT2D eigenvalue weighted by molar-refractivity contribution is 9.10. The van der Waals surface area contributed by atoms with Gasteiger partial charge in [-0.05, 0) is 59.1 Å². The average molecular weight is 340 g/mol. The lowest BCUT2D eigenvalue weighted by atomic mass is 10.1. The van der Waals surface area contributed by atoms with Crippen LogP contribution in [0.3, 0.4) is 0 Å². The number of nitrogens with zero attached hydrogens (tertiary/aromatic N) is 1. The Morgan fingerprint density at radius 2 is 2.32 bits per heavy atom. The van der Waals surface area contributed by atoms with Crippen LogP contribution < -0.4 is 11.1 Å². The number of nitrogen functional groups attached to an aromatic ring is 1. The fourth-order valence-electron chi connectivity index (χ4n) is 1.96. The van der Waals surface area contributed by atoms with E-state index in [1.165, 1.54) is 10.4 Å². The van der Waals surface area contributed by atoms with E-state index in [-0.39, 0.29) is 0 Å². The molecule has 0 bridgehead atoms. The van der Waals surface area contributed by atoms with Crippen molar-refractivity contribution >= 4 is 33.1 Å². The highest BCUT2D eigenvalue weighted by Crippen LogP contribution is 2.28. The Balaban J connectivity index is 2.13. The van der Waals surface area contributed by atoms with Gasteiger partial charge in [-0.15, -0.1) is 11.3 Å². The second kappa shape index (κ2) is 7.03. The second-order valence-corrected chi connectivity index (χ2v) is 6.33. The number of nitrogens with two attached hydrogens (primary N) is 1. The van der Waals surface area contributed by atoms with Crippen LogP contribution in [-0.2, 0) is 6.42 Å². The number of hydrogen-bond donors (Lipinski definition) is 2. The van der Waals surface area contributed by atoms with Gasteiger partial charge in [0.25, 0.3) is 0 Å². The van der Waals surface area contributed by atoms with Gasteiger partial charge in [0.1, 0.15) is 5.82 Å². The minimum atomic E-state index is 0.332. The summed E-state index contributed by atoms with van der Waals surface area (Å²) in [5.41, 5.74) is 6.95. The summed E-state index contributed by atoms with van der Waals surface area (Å²) in [5.74, 6) is 0.583. The molecule has 1 unspecified atom stereocenters. The molecular formula is C14H18BrN3S. The van der Waals surface area contributed by atoms with Crippen LogP contribution in [0.4, 0.5) is 5.82 Å². The Morgan fingerprint density at radius 1 is 1.47 bits per heavy atom. The van der Waals surface area contributed by atoms with Gasteiger partial charge in [0.15, 0.2) is 0 Å². The molecule has 1 atom stereocenters. The molecule has 0 aliphatic rings. The highest BCUT2D eigenvalue weighted by Gasteiger charge is 2.14. The first-order valence-electron chi connectivity index (χ1n) is 6.36. The van der Waals surface area contributed by atoms with E-state index in [4.69, 9.17) is 5.73 Å². The number of nitrogens with one attached hydrogen (secondary N) is 1. The van der Waals surface area contributed by atoms with Crippen molar-refractivity contribution in [3.8, 4) is 0 Å². The molecule has 2 rings (SSSR count). The van der Waals surface area contributed by atoms with Crippen molar-refractivity contribution in [3.05, 3.63) is 44.7 Å². The molecule has 3 nitrogen and oxygen atoms in total. The molecule has 0 fully saturated rings. The van der Waals surface area contributed by atoms with Gasteiger partial charge in [-0.25, -0.2) is 4.98 Å². The van der Waals surface area contributed by atoms with Crippen molar-refractivity contribution in [2.75, 3.05) is 12.3 Å². The van der Waals surface area contributed by atoms with Gasteiger partial charge in [0.05, 0.1) is 0 Å². The SMILES string of the molecule is CCCNC(Cc1ccnc(N)c1)c1cc(Br)cs1. The van der Waals surface area contributed by atoms with E-state index >= 15 is 0 Å². The Bertz CT molecular complexity index is 527. The fourth-order valence-corrected chi connectivity index (χ4v) is 3.48. The summed E-state index contributed by atoms with van der Waals surface area (Å²) in [6.45, 7) is 3.19. The number of pyridine rings is 1. The van der Waals surface area contributed by atoms with Crippen LogP contribution in [-0.4, -0.2) is 11.5 Å². The molecule has 0 amide bonds. The van der Waals surface area contributed by atoms with Crippen molar-refractivity contribution in [3.63, 3.8) is 0 Å². The zero-order chi connectivity index (χ0) is 13.7. The Morgan fingerprint density at radius 3 is 2.95 bits per heavy atom. The predicted octanol–water partition coefficient (Wildman–Crippen LogP) is 3.77. The number of thiophene rings is 1.